The summed E-state index contributed by atoms with van der Waals surface area (Å²) in [6.07, 6.45) is 4.96. The van der Waals surface area contributed by atoms with Gasteiger partial charge in [-0.2, -0.15) is 0 Å². The van der Waals surface area contributed by atoms with Crippen LogP contribution in [0.3, 0.4) is 0 Å². The Kier molecular flexibility index (Phi) is 5.05. The first-order chi connectivity index (χ1) is 8.60. The van der Waals surface area contributed by atoms with Crippen LogP contribution in [0.15, 0.2) is 0 Å². The topological polar surface area (TPSA) is 32.7 Å². The van der Waals surface area contributed by atoms with E-state index in [9.17, 15) is 5.11 Å². The predicted octanol–water partition coefficient (Wildman–Crippen LogP) is 2.14. The lowest BCUT2D eigenvalue weighted by molar-refractivity contribution is -0.0244. The summed E-state index contributed by atoms with van der Waals surface area (Å²) in [5.41, 5.74) is 0. The van der Waals surface area contributed by atoms with E-state index in [2.05, 4.69) is 18.7 Å². The van der Waals surface area contributed by atoms with E-state index in [1.807, 2.05) is 7.11 Å². The second kappa shape index (κ2) is 6.36. The van der Waals surface area contributed by atoms with Gasteiger partial charge in [0.1, 0.15) is 0 Å². The van der Waals surface area contributed by atoms with Gasteiger partial charge in [-0.05, 0) is 44.1 Å². The van der Waals surface area contributed by atoms with E-state index >= 15 is 0 Å². The van der Waals surface area contributed by atoms with Gasteiger partial charge in [0, 0.05) is 26.1 Å². The molecule has 1 aliphatic heterocycles. The molecule has 5 atom stereocenters. The summed E-state index contributed by atoms with van der Waals surface area (Å²) < 4.78 is 5.48. The molecule has 2 aliphatic rings. The van der Waals surface area contributed by atoms with Gasteiger partial charge in [-0.3, -0.25) is 0 Å². The largest absolute Gasteiger partial charge is 0.393 e. The van der Waals surface area contributed by atoms with E-state index in [0.717, 1.165) is 19.5 Å². The fourth-order valence-corrected chi connectivity index (χ4v) is 3.84. The maximum Gasteiger partial charge on any atom is 0.0698 e. The second-order valence-corrected chi connectivity index (χ2v) is 6.54. The summed E-state index contributed by atoms with van der Waals surface area (Å²) >= 11 is 0. The molecule has 106 valence electrons. The third-order valence-corrected chi connectivity index (χ3v) is 4.91. The number of nitrogens with zero attached hydrogens (tertiary/aromatic N) is 1. The standard InChI is InChI=1S/C15H29NO2/c1-11-7-12(2)14(15(17)8-11)10-16-6-4-5-13(9-16)18-3/h11-15,17H,4-10H2,1-3H3. The zero-order valence-electron chi connectivity index (χ0n) is 12.1. The van der Waals surface area contributed by atoms with Crippen molar-refractivity contribution in [3.63, 3.8) is 0 Å². The molecule has 0 spiro atoms. The summed E-state index contributed by atoms with van der Waals surface area (Å²) in [7, 11) is 1.81. The van der Waals surface area contributed by atoms with Gasteiger partial charge >= 0.3 is 0 Å². The number of piperidine rings is 1. The van der Waals surface area contributed by atoms with E-state index in [1.54, 1.807) is 0 Å². The molecule has 0 aromatic rings. The quantitative estimate of drug-likeness (QED) is 0.838. The molecule has 0 aromatic carbocycles. The van der Waals surface area contributed by atoms with Crippen molar-refractivity contribution in [2.45, 2.75) is 51.7 Å². The third-order valence-electron chi connectivity index (χ3n) is 4.91. The van der Waals surface area contributed by atoms with Gasteiger partial charge in [0.05, 0.1) is 12.2 Å². The van der Waals surface area contributed by atoms with Gasteiger partial charge in [0.2, 0.25) is 0 Å². The number of hydrogen-bond acceptors (Lipinski definition) is 3. The van der Waals surface area contributed by atoms with Crippen LogP contribution in [-0.2, 0) is 4.74 Å². The Morgan fingerprint density at radius 1 is 1.28 bits per heavy atom. The summed E-state index contributed by atoms with van der Waals surface area (Å²) in [6.45, 7) is 7.83. The van der Waals surface area contributed by atoms with Crippen molar-refractivity contribution in [1.29, 1.82) is 0 Å². The Balaban J connectivity index is 1.87. The van der Waals surface area contributed by atoms with E-state index in [4.69, 9.17) is 4.74 Å². The Hall–Kier alpha value is -0.120. The average molecular weight is 255 g/mol. The molecule has 1 saturated heterocycles. The van der Waals surface area contributed by atoms with Crippen molar-refractivity contribution in [2.24, 2.45) is 17.8 Å². The maximum atomic E-state index is 10.3. The zero-order chi connectivity index (χ0) is 13.1. The number of ether oxygens (including phenoxy) is 1. The molecular formula is C15H29NO2. The number of rotatable bonds is 3. The van der Waals surface area contributed by atoms with Crippen molar-refractivity contribution >= 4 is 0 Å². The van der Waals surface area contributed by atoms with Crippen LogP contribution < -0.4 is 0 Å². The molecule has 3 nitrogen and oxygen atoms in total. The molecule has 18 heavy (non-hydrogen) atoms. The number of hydrogen-bond donors (Lipinski definition) is 1. The SMILES string of the molecule is COC1CCCN(CC2C(C)CC(C)CC2O)C1. The molecule has 2 rings (SSSR count). The minimum Gasteiger partial charge on any atom is -0.393 e. The van der Waals surface area contributed by atoms with Crippen LogP contribution in [-0.4, -0.2) is 49.0 Å². The molecule has 3 heteroatoms. The second-order valence-electron chi connectivity index (χ2n) is 6.54. The highest BCUT2D eigenvalue weighted by Gasteiger charge is 2.34. The maximum absolute atomic E-state index is 10.3. The lowest BCUT2D eigenvalue weighted by Crippen LogP contribution is -2.47. The number of methoxy groups -OCH3 is 1. The molecule has 5 unspecified atom stereocenters. The summed E-state index contributed by atoms with van der Waals surface area (Å²) in [4.78, 5) is 2.50. The predicted molar refractivity (Wildman–Crippen MR) is 73.5 cm³/mol. The Labute approximate surface area is 112 Å². The molecular weight excluding hydrogens is 226 g/mol. The summed E-state index contributed by atoms with van der Waals surface area (Å²) in [5, 5.41) is 10.3. The molecule has 1 aliphatic carbocycles. The third kappa shape index (κ3) is 3.46. The molecule has 0 bridgehead atoms. The molecule has 0 radical (unpaired) electrons. The lowest BCUT2D eigenvalue weighted by Gasteiger charge is -2.41. The van der Waals surface area contributed by atoms with Gasteiger partial charge in [-0.1, -0.05) is 13.8 Å². The van der Waals surface area contributed by atoms with Gasteiger partial charge in [0.25, 0.3) is 0 Å². The first-order valence-corrected chi connectivity index (χ1v) is 7.53. The molecule has 1 N–H and O–H groups in total. The summed E-state index contributed by atoms with van der Waals surface area (Å²) in [6, 6.07) is 0. The highest BCUT2D eigenvalue weighted by atomic mass is 16.5. The van der Waals surface area contributed by atoms with Crippen LogP contribution in [0.2, 0.25) is 0 Å². The van der Waals surface area contributed by atoms with Crippen LogP contribution >= 0.6 is 0 Å². The van der Waals surface area contributed by atoms with Crippen molar-refractivity contribution < 1.29 is 9.84 Å². The zero-order valence-corrected chi connectivity index (χ0v) is 12.1. The van der Waals surface area contributed by atoms with Gasteiger partial charge in [-0.25, -0.2) is 0 Å². The highest BCUT2D eigenvalue weighted by molar-refractivity contribution is 4.86. The Morgan fingerprint density at radius 3 is 2.72 bits per heavy atom. The Morgan fingerprint density at radius 2 is 2.06 bits per heavy atom. The number of aliphatic hydroxyl groups excluding tert-OH is 1. The smallest absolute Gasteiger partial charge is 0.0698 e. The van der Waals surface area contributed by atoms with E-state index in [0.29, 0.717) is 23.9 Å². The van der Waals surface area contributed by atoms with Gasteiger partial charge in [0.15, 0.2) is 0 Å². The van der Waals surface area contributed by atoms with Crippen LogP contribution in [0.25, 0.3) is 0 Å². The number of aliphatic hydroxyl groups is 1. The van der Waals surface area contributed by atoms with E-state index in [-0.39, 0.29) is 6.10 Å². The van der Waals surface area contributed by atoms with Crippen LogP contribution in [0.4, 0.5) is 0 Å². The molecule has 1 heterocycles. The first-order valence-electron chi connectivity index (χ1n) is 7.53. The Bertz CT molecular complexity index is 247. The average Bonchev–Trinajstić information content (AvgIpc) is 2.34. The van der Waals surface area contributed by atoms with Crippen LogP contribution in [0.1, 0.15) is 39.5 Å². The fraction of sp³-hybridized carbons (Fsp3) is 1.00. The van der Waals surface area contributed by atoms with Gasteiger partial charge in [-0.15, -0.1) is 0 Å². The minimum atomic E-state index is -0.105. The van der Waals surface area contributed by atoms with Crippen molar-refractivity contribution in [2.75, 3.05) is 26.7 Å². The van der Waals surface area contributed by atoms with Crippen molar-refractivity contribution in [3.05, 3.63) is 0 Å². The fourth-order valence-electron chi connectivity index (χ4n) is 3.84. The van der Waals surface area contributed by atoms with Crippen LogP contribution in [0, 0.1) is 17.8 Å². The first kappa shape index (κ1) is 14.3. The molecule has 0 aromatic heterocycles. The van der Waals surface area contributed by atoms with Gasteiger partial charge < -0.3 is 14.7 Å². The van der Waals surface area contributed by atoms with Crippen LogP contribution in [0.5, 0.6) is 0 Å². The molecule has 2 fully saturated rings. The van der Waals surface area contributed by atoms with Crippen molar-refractivity contribution in [3.8, 4) is 0 Å². The minimum absolute atomic E-state index is 0.105. The number of likely N-dealkylation sites (tertiary alicyclic amines) is 1. The summed E-state index contributed by atoms with van der Waals surface area (Å²) in [5.74, 6) is 1.78. The lowest BCUT2D eigenvalue weighted by atomic mass is 9.73. The normalized spacial score (nSPS) is 43.0. The molecule has 1 saturated carbocycles. The van der Waals surface area contributed by atoms with E-state index in [1.165, 1.54) is 25.8 Å². The highest BCUT2D eigenvalue weighted by Crippen LogP contribution is 2.34. The van der Waals surface area contributed by atoms with E-state index < -0.39 is 0 Å². The van der Waals surface area contributed by atoms with Crippen molar-refractivity contribution in [1.82, 2.24) is 4.90 Å². The monoisotopic (exact) mass is 255 g/mol. The molecule has 0 amide bonds.